The van der Waals surface area contributed by atoms with Crippen LogP contribution in [0.4, 0.5) is 0 Å². The third-order valence-electron chi connectivity index (χ3n) is 1.10. The summed E-state index contributed by atoms with van der Waals surface area (Å²) >= 11 is 0. The molecule has 0 aromatic rings. The van der Waals surface area contributed by atoms with E-state index < -0.39 is 0 Å². The summed E-state index contributed by atoms with van der Waals surface area (Å²) in [5.41, 5.74) is 0. The van der Waals surface area contributed by atoms with Crippen molar-refractivity contribution >= 4 is 0 Å². The van der Waals surface area contributed by atoms with Crippen molar-refractivity contribution in [3.05, 3.63) is 6.54 Å². The zero-order chi connectivity index (χ0) is 5.11. The molecule has 1 aliphatic heterocycles. The largest absolute Gasteiger partial charge is 0.311 e. The molecule has 1 saturated heterocycles. The lowest BCUT2D eigenvalue weighted by Crippen LogP contribution is -2.42. The fourth-order valence-electron chi connectivity index (χ4n) is 0.691. The zero-order valence-electron chi connectivity index (χ0n) is 4.57. The van der Waals surface area contributed by atoms with Gasteiger partial charge in [-0.2, -0.15) is 0 Å². The topological polar surface area (TPSA) is 24.1 Å². The first-order valence-electron chi connectivity index (χ1n) is 2.70. The van der Waals surface area contributed by atoms with E-state index in [1.54, 1.807) is 0 Å². The normalized spacial score (nSPS) is 33.0. The van der Waals surface area contributed by atoms with Gasteiger partial charge in [0.2, 0.25) is 0 Å². The van der Waals surface area contributed by atoms with Crippen LogP contribution < -0.4 is 10.6 Å². The molecule has 7 heavy (non-hydrogen) atoms. The molecule has 2 heteroatoms. The molecule has 1 unspecified atom stereocenters. The summed E-state index contributed by atoms with van der Waals surface area (Å²) in [6.45, 7) is 6.37. The molecular weight excluding hydrogens is 88.1 g/mol. The second-order valence-electron chi connectivity index (χ2n) is 1.86. The molecule has 41 valence electrons. The molecule has 1 radical (unpaired) electrons. The molecule has 1 fully saturated rings. The SMILES string of the molecule is CC1[CH]NCCN1. The lowest BCUT2D eigenvalue weighted by atomic mass is 10.3. The van der Waals surface area contributed by atoms with Crippen LogP contribution in [0.3, 0.4) is 0 Å². The Kier molecular flexibility index (Phi) is 1.65. The van der Waals surface area contributed by atoms with Crippen molar-refractivity contribution in [1.82, 2.24) is 10.6 Å². The Hall–Kier alpha value is -0.0800. The van der Waals surface area contributed by atoms with Gasteiger partial charge in [0.15, 0.2) is 0 Å². The van der Waals surface area contributed by atoms with Gasteiger partial charge < -0.3 is 10.6 Å². The van der Waals surface area contributed by atoms with Crippen LogP contribution in [0.2, 0.25) is 0 Å². The average molecular weight is 99.2 g/mol. The van der Waals surface area contributed by atoms with Gasteiger partial charge in [-0.3, -0.25) is 0 Å². The van der Waals surface area contributed by atoms with Crippen molar-refractivity contribution in [2.24, 2.45) is 0 Å². The highest BCUT2D eigenvalue weighted by Crippen LogP contribution is 1.86. The Morgan fingerprint density at radius 1 is 1.57 bits per heavy atom. The predicted octanol–water partition coefficient (Wildman–Crippen LogP) is -0.271. The van der Waals surface area contributed by atoms with Crippen molar-refractivity contribution in [2.75, 3.05) is 13.1 Å². The van der Waals surface area contributed by atoms with Gasteiger partial charge >= 0.3 is 0 Å². The van der Waals surface area contributed by atoms with Gasteiger partial charge in [0.1, 0.15) is 0 Å². The van der Waals surface area contributed by atoms with E-state index in [2.05, 4.69) is 24.1 Å². The third kappa shape index (κ3) is 1.45. The molecule has 1 atom stereocenters. The van der Waals surface area contributed by atoms with Gasteiger partial charge in [0.05, 0.1) is 0 Å². The summed E-state index contributed by atoms with van der Waals surface area (Å²) in [5.74, 6) is 0. The van der Waals surface area contributed by atoms with E-state index in [0.29, 0.717) is 6.04 Å². The van der Waals surface area contributed by atoms with Crippen LogP contribution in [0.25, 0.3) is 0 Å². The number of rotatable bonds is 0. The summed E-state index contributed by atoms with van der Waals surface area (Å²) in [4.78, 5) is 0. The number of nitrogens with one attached hydrogen (secondary N) is 2. The van der Waals surface area contributed by atoms with Gasteiger partial charge in [0.25, 0.3) is 0 Å². The summed E-state index contributed by atoms with van der Waals surface area (Å²) in [7, 11) is 0. The van der Waals surface area contributed by atoms with Crippen LogP contribution in [0.15, 0.2) is 0 Å². The standard InChI is InChI=1S/C5H11N2/c1-5-4-6-2-3-7-5/h4-7H,2-3H2,1H3. The van der Waals surface area contributed by atoms with Crippen LogP contribution in [-0.4, -0.2) is 19.1 Å². The first kappa shape index (κ1) is 5.06. The molecule has 0 amide bonds. The van der Waals surface area contributed by atoms with Crippen LogP contribution >= 0.6 is 0 Å². The fraction of sp³-hybridized carbons (Fsp3) is 0.800. The molecule has 1 rings (SSSR count). The van der Waals surface area contributed by atoms with Crippen molar-refractivity contribution in [1.29, 1.82) is 0 Å². The zero-order valence-corrected chi connectivity index (χ0v) is 4.57. The van der Waals surface area contributed by atoms with E-state index >= 15 is 0 Å². The molecule has 1 aliphatic rings. The van der Waals surface area contributed by atoms with E-state index in [9.17, 15) is 0 Å². The summed E-state index contributed by atoms with van der Waals surface area (Å²) < 4.78 is 0. The maximum atomic E-state index is 3.26. The van der Waals surface area contributed by atoms with Crippen LogP contribution in [0, 0.1) is 6.54 Å². The summed E-state index contributed by atoms with van der Waals surface area (Å²) in [6.07, 6.45) is 0. The Bertz CT molecular complexity index is 48.0. The smallest absolute Gasteiger partial charge is 0.0388 e. The second-order valence-corrected chi connectivity index (χ2v) is 1.86. The molecule has 2 nitrogen and oxygen atoms in total. The summed E-state index contributed by atoms with van der Waals surface area (Å²) in [5, 5.41) is 6.41. The number of piperazine rings is 1. The number of hydrogen-bond donors (Lipinski definition) is 2. The first-order valence-corrected chi connectivity index (χ1v) is 2.70. The van der Waals surface area contributed by atoms with Crippen LogP contribution in [0.1, 0.15) is 6.92 Å². The van der Waals surface area contributed by atoms with Gasteiger partial charge in [-0.05, 0) is 6.92 Å². The highest BCUT2D eigenvalue weighted by Gasteiger charge is 2.03. The van der Waals surface area contributed by atoms with Crippen molar-refractivity contribution in [3.63, 3.8) is 0 Å². The van der Waals surface area contributed by atoms with E-state index in [1.807, 2.05) is 0 Å². The maximum absolute atomic E-state index is 3.26. The van der Waals surface area contributed by atoms with E-state index in [-0.39, 0.29) is 0 Å². The minimum atomic E-state index is 0.550. The quantitative estimate of drug-likeness (QED) is 0.437. The van der Waals surface area contributed by atoms with Crippen molar-refractivity contribution < 1.29 is 0 Å². The molecule has 1 heterocycles. The first-order chi connectivity index (χ1) is 3.39. The van der Waals surface area contributed by atoms with Gasteiger partial charge in [-0.15, -0.1) is 0 Å². The molecule has 0 bridgehead atoms. The molecular formula is C5H11N2. The molecule has 2 N–H and O–H groups in total. The fourth-order valence-corrected chi connectivity index (χ4v) is 0.691. The molecule has 0 saturated carbocycles. The van der Waals surface area contributed by atoms with E-state index in [4.69, 9.17) is 0 Å². The average Bonchev–Trinajstić information content (AvgIpc) is 1.69. The lowest BCUT2D eigenvalue weighted by molar-refractivity contribution is 0.499. The molecule has 0 aromatic carbocycles. The Morgan fingerprint density at radius 3 is 2.71 bits per heavy atom. The summed E-state index contributed by atoms with van der Waals surface area (Å²) in [6, 6.07) is 0.550. The van der Waals surface area contributed by atoms with Gasteiger partial charge in [-0.1, -0.05) is 0 Å². The van der Waals surface area contributed by atoms with Gasteiger partial charge in [0, 0.05) is 25.7 Å². The van der Waals surface area contributed by atoms with E-state index in [0.717, 1.165) is 13.1 Å². The lowest BCUT2D eigenvalue weighted by Gasteiger charge is -2.19. The van der Waals surface area contributed by atoms with Crippen molar-refractivity contribution in [2.45, 2.75) is 13.0 Å². The van der Waals surface area contributed by atoms with E-state index in [1.165, 1.54) is 0 Å². The Balaban J connectivity index is 2.12. The van der Waals surface area contributed by atoms with Gasteiger partial charge in [-0.25, -0.2) is 0 Å². The Labute approximate surface area is 44.3 Å². The highest BCUT2D eigenvalue weighted by molar-refractivity contribution is 4.81. The Morgan fingerprint density at radius 2 is 2.43 bits per heavy atom. The molecule has 0 aliphatic carbocycles. The minimum absolute atomic E-state index is 0.550. The minimum Gasteiger partial charge on any atom is -0.311 e. The predicted molar refractivity (Wildman–Crippen MR) is 29.8 cm³/mol. The maximum Gasteiger partial charge on any atom is 0.0388 e. The van der Waals surface area contributed by atoms with Crippen LogP contribution in [0.5, 0.6) is 0 Å². The van der Waals surface area contributed by atoms with Crippen molar-refractivity contribution in [3.8, 4) is 0 Å². The monoisotopic (exact) mass is 99.1 g/mol. The second kappa shape index (κ2) is 2.28. The van der Waals surface area contributed by atoms with Crippen LogP contribution in [-0.2, 0) is 0 Å². The number of hydrogen-bond acceptors (Lipinski definition) is 2. The molecule has 0 spiro atoms. The third-order valence-corrected chi connectivity index (χ3v) is 1.10. The molecule has 0 aromatic heterocycles. The highest BCUT2D eigenvalue weighted by atomic mass is 15.0.